The summed E-state index contributed by atoms with van der Waals surface area (Å²) in [5, 5.41) is 10.9. The van der Waals surface area contributed by atoms with Crippen molar-refractivity contribution in [3.05, 3.63) is 200 Å². The maximum absolute atomic E-state index is 4.46. The van der Waals surface area contributed by atoms with Gasteiger partial charge in [-0.1, -0.05) is 24.3 Å². The second-order valence-electron chi connectivity index (χ2n) is 13.2. The van der Waals surface area contributed by atoms with Crippen molar-refractivity contribution < 1.29 is 0 Å². The van der Waals surface area contributed by atoms with Crippen LogP contribution in [0.5, 0.6) is 0 Å². The van der Waals surface area contributed by atoms with Crippen molar-refractivity contribution in [3.63, 3.8) is 0 Å². The summed E-state index contributed by atoms with van der Waals surface area (Å²) in [6.07, 6.45) is 7.93. The van der Waals surface area contributed by atoms with Crippen LogP contribution in [0.1, 0.15) is 45.0 Å². The third-order valence-corrected chi connectivity index (χ3v) is 9.26. The van der Waals surface area contributed by atoms with Crippen LogP contribution in [0, 0.1) is 13.8 Å². The number of H-pyrrole nitrogens is 4. The van der Waals surface area contributed by atoms with Gasteiger partial charge in [0, 0.05) is 79.1 Å². The number of aromatic amines is 4. The molecule has 7 heterocycles. The van der Waals surface area contributed by atoms with Gasteiger partial charge in [0.2, 0.25) is 0 Å². The van der Waals surface area contributed by atoms with Gasteiger partial charge < -0.3 is 30.6 Å². The van der Waals surface area contributed by atoms with Crippen LogP contribution < -0.4 is 32.0 Å². The molecular weight excluding hydrogens is 641 g/mol. The van der Waals surface area contributed by atoms with E-state index in [1.54, 1.807) is 0 Å². The van der Waals surface area contributed by atoms with Crippen LogP contribution in [0.25, 0.3) is 23.3 Å². The first-order chi connectivity index (χ1) is 25.5. The molecule has 6 aromatic heterocycles. The molecule has 1 aliphatic rings. The van der Waals surface area contributed by atoms with E-state index >= 15 is 0 Å². The summed E-state index contributed by atoms with van der Waals surface area (Å²) in [6, 6.07) is 42.1. The van der Waals surface area contributed by atoms with Crippen molar-refractivity contribution in [1.82, 2.24) is 29.9 Å². The summed E-state index contributed by atoms with van der Waals surface area (Å²) in [7, 11) is 0. The van der Waals surface area contributed by atoms with Crippen LogP contribution >= 0.6 is 0 Å². The monoisotopic (exact) mass is 676 g/mol. The Morgan fingerprint density at radius 3 is 1.31 bits per heavy atom. The molecule has 6 N–H and O–H groups in total. The fraction of sp³-hybridized carbons (Fsp3) is 0.0455. The molecule has 0 saturated carbocycles. The van der Waals surface area contributed by atoms with E-state index < -0.39 is 0 Å². The SMILES string of the molecule is Cc1ccnc(Nc2ccc(C3=c4ccc([nH]4)=Cc4ccc([nH]4)C(c4ccc(Nc5cc(C)ccn5)cc4)=c4ccc([nH]4)=Cc4ccc3[nH]4)cc2)c1. The smallest absolute Gasteiger partial charge is 0.130 e. The largest absolute Gasteiger partial charge is 0.355 e. The Kier molecular flexibility index (Phi) is 7.74. The van der Waals surface area contributed by atoms with E-state index in [9.17, 15) is 0 Å². The molecule has 8 nitrogen and oxygen atoms in total. The van der Waals surface area contributed by atoms with Crippen LogP contribution in [0.15, 0.2) is 134 Å². The lowest BCUT2D eigenvalue weighted by molar-refractivity contribution is 1.21. The molecule has 8 aromatic rings. The molecule has 52 heavy (non-hydrogen) atoms. The average Bonchev–Trinajstić information content (AvgIpc) is 3.97. The van der Waals surface area contributed by atoms with Gasteiger partial charge in [0.05, 0.1) is 0 Å². The number of benzene rings is 2. The molecule has 0 radical (unpaired) electrons. The molecule has 0 unspecified atom stereocenters. The molecule has 8 bridgehead atoms. The van der Waals surface area contributed by atoms with E-state index in [1.165, 1.54) is 0 Å². The van der Waals surface area contributed by atoms with Crippen LogP contribution in [0.4, 0.5) is 23.0 Å². The average molecular weight is 677 g/mol. The molecule has 2 aromatic carbocycles. The number of aryl methyl sites for hydroxylation is 2. The zero-order valence-electron chi connectivity index (χ0n) is 28.8. The molecule has 0 atom stereocenters. The lowest BCUT2D eigenvalue weighted by Gasteiger charge is -2.10. The maximum Gasteiger partial charge on any atom is 0.130 e. The van der Waals surface area contributed by atoms with E-state index in [2.05, 4.69) is 164 Å². The topological polar surface area (TPSA) is 113 Å². The highest BCUT2D eigenvalue weighted by atomic mass is 15.0. The number of rotatable bonds is 6. The van der Waals surface area contributed by atoms with E-state index in [-0.39, 0.29) is 0 Å². The molecule has 1 aliphatic heterocycles. The number of pyridine rings is 2. The molecule has 8 heteroatoms. The van der Waals surface area contributed by atoms with E-state index in [4.69, 9.17) is 0 Å². The first kappa shape index (κ1) is 31.0. The Bertz CT molecular complexity index is 2610. The lowest BCUT2D eigenvalue weighted by atomic mass is 10.0. The van der Waals surface area contributed by atoms with Crippen molar-refractivity contribution in [1.29, 1.82) is 0 Å². The zero-order chi connectivity index (χ0) is 35.0. The van der Waals surface area contributed by atoms with Gasteiger partial charge in [-0.2, -0.15) is 0 Å². The Morgan fingerprint density at radius 2 is 0.885 bits per heavy atom. The van der Waals surface area contributed by atoms with Gasteiger partial charge >= 0.3 is 0 Å². The summed E-state index contributed by atoms with van der Waals surface area (Å²) in [4.78, 5) is 23.6. The van der Waals surface area contributed by atoms with Gasteiger partial charge in [-0.25, -0.2) is 9.97 Å². The number of nitrogens with one attached hydrogen (secondary N) is 6. The summed E-state index contributed by atoms with van der Waals surface area (Å²) >= 11 is 0. The minimum atomic E-state index is 0.825. The van der Waals surface area contributed by atoms with Crippen LogP contribution in [-0.4, -0.2) is 29.9 Å². The number of nitrogens with zero attached hydrogens (tertiary/aromatic N) is 2. The molecule has 9 rings (SSSR count). The van der Waals surface area contributed by atoms with Gasteiger partial charge in [0.1, 0.15) is 11.6 Å². The first-order valence-electron chi connectivity index (χ1n) is 17.3. The predicted molar refractivity (Wildman–Crippen MR) is 209 cm³/mol. The Labute approximate surface area is 300 Å². The van der Waals surface area contributed by atoms with E-state index in [1.807, 2.05) is 36.7 Å². The summed E-state index contributed by atoms with van der Waals surface area (Å²) in [5.41, 5.74) is 12.6. The van der Waals surface area contributed by atoms with Gasteiger partial charge in [0.25, 0.3) is 0 Å². The van der Waals surface area contributed by atoms with Crippen LogP contribution in [-0.2, 0) is 0 Å². The van der Waals surface area contributed by atoms with Crippen molar-refractivity contribution in [2.24, 2.45) is 0 Å². The summed E-state index contributed by atoms with van der Waals surface area (Å²) in [5.74, 6) is 1.65. The first-order valence-corrected chi connectivity index (χ1v) is 17.3. The Balaban J connectivity index is 1.12. The third-order valence-electron chi connectivity index (χ3n) is 9.26. The second kappa shape index (κ2) is 13.0. The molecule has 0 saturated heterocycles. The lowest BCUT2D eigenvalue weighted by Crippen LogP contribution is -2.15. The van der Waals surface area contributed by atoms with E-state index in [0.29, 0.717) is 0 Å². The van der Waals surface area contributed by atoms with Crippen molar-refractivity contribution in [2.45, 2.75) is 13.8 Å². The standard InChI is InChI=1S/C44H36N8/c1-27-19-21-45-41(23-27)51-31-7-3-29(4-8-31)43-37-15-11-33(47-37)25-35-13-17-39(49-35)44(40-18-14-36(50-40)26-34-12-16-38(43)48-34)30-5-9-32(10-6-30)52-42-24-28(2)20-22-46-42/h3-26,47-50H,1-2H3,(H,45,51)(H,46,52). The minimum Gasteiger partial charge on any atom is -0.355 e. The predicted octanol–water partition coefficient (Wildman–Crippen LogP) is 6.36. The molecule has 252 valence electrons. The highest BCUT2D eigenvalue weighted by Crippen LogP contribution is 2.25. The molecule has 0 amide bonds. The van der Waals surface area contributed by atoms with Gasteiger partial charge in [-0.3, -0.25) is 0 Å². The van der Waals surface area contributed by atoms with Crippen molar-refractivity contribution >= 4 is 46.3 Å². The number of anilines is 4. The Morgan fingerprint density at radius 1 is 0.442 bits per heavy atom. The number of hydrogen-bond donors (Lipinski definition) is 6. The zero-order valence-corrected chi connectivity index (χ0v) is 28.8. The van der Waals surface area contributed by atoms with Gasteiger partial charge in [-0.15, -0.1) is 0 Å². The van der Waals surface area contributed by atoms with Gasteiger partial charge in [0.15, 0.2) is 0 Å². The normalized spacial score (nSPS) is 12.3. The fourth-order valence-electron chi connectivity index (χ4n) is 6.76. The van der Waals surface area contributed by atoms with E-state index in [0.717, 1.165) is 101 Å². The van der Waals surface area contributed by atoms with Crippen molar-refractivity contribution in [2.75, 3.05) is 10.6 Å². The molecule has 0 fully saturated rings. The Hall–Kier alpha value is -7.06. The number of hydrogen-bond acceptors (Lipinski definition) is 4. The highest BCUT2D eigenvalue weighted by molar-refractivity contribution is 5.80. The molecule has 0 spiro atoms. The fourth-order valence-corrected chi connectivity index (χ4v) is 6.76. The number of aromatic nitrogens is 6. The molecule has 0 aliphatic carbocycles. The minimum absolute atomic E-state index is 0.825. The molecular formula is C44H36N8. The number of fused-ring (bicyclic) bond motifs is 8. The quantitative estimate of drug-likeness (QED) is 0.123. The summed E-state index contributed by atoms with van der Waals surface area (Å²) < 4.78 is 0. The van der Waals surface area contributed by atoms with Crippen molar-refractivity contribution in [3.8, 4) is 0 Å². The second-order valence-corrected chi connectivity index (χ2v) is 13.2. The highest BCUT2D eigenvalue weighted by Gasteiger charge is 2.13. The maximum atomic E-state index is 4.46. The van der Waals surface area contributed by atoms with Crippen LogP contribution in [0.3, 0.4) is 0 Å². The van der Waals surface area contributed by atoms with Crippen LogP contribution in [0.2, 0.25) is 0 Å². The summed E-state index contributed by atoms with van der Waals surface area (Å²) in [6.45, 7) is 4.13. The van der Waals surface area contributed by atoms with Gasteiger partial charge in [-0.05, 0) is 145 Å². The third kappa shape index (κ3) is 6.36.